The number of hydrogen-bond donors (Lipinski definition) is 3. The van der Waals surface area contributed by atoms with E-state index >= 15 is 0 Å². The fourth-order valence-corrected chi connectivity index (χ4v) is 2.93. The third-order valence-electron chi connectivity index (χ3n) is 2.77. The SMILES string of the molecule is CC(NS(=O)(=O)c1ccc(=O)[nH]c1)c1cccc(O)c1. The van der Waals surface area contributed by atoms with Gasteiger partial charge < -0.3 is 10.1 Å². The van der Waals surface area contributed by atoms with Crippen molar-refractivity contribution in [2.45, 2.75) is 17.9 Å². The van der Waals surface area contributed by atoms with E-state index in [9.17, 15) is 18.3 Å². The first kappa shape index (κ1) is 14.3. The van der Waals surface area contributed by atoms with Crippen LogP contribution in [-0.4, -0.2) is 18.5 Å². The predicted octanol–water partition coefficient (Wildman–Crippen LogP) is 1.12. The van der Waals surface area contributed by atoms with Crippen molar-refractivity contribution >= 4 is 10.0 Å². The maximum absolute atomic E-state index is 12.1. The van der Waals surface area contributed by atoms with Crippen LogP contribution in [0.2, 0.25) is 0 Å². The molecule has 1 unspecified atom stereocenters. The van der Waals surface area contributed by atoms with Crippen LogP contribution in [0.4, 0.5) is 0 Å². The van der Waals surface area contributed by atoms with Crippen LogP contribution in [0.3, 0.4) is 0 Å². The lowest BCUT2D eigenvalue weighted by Crippen LogP contribution is -2.27. The normalized spacial score (nSPS) is 13.1. The number of phenolic OH excluding ortho intramolecular Hbond substituents is 1. The molecular formula is C13H14N2O4S. The predicted molar refractivity (Wildman–Crippen MR) is 73.9 cm³/mol. The van der Waals surface area contributed by atoms with Crippen LogP contribution in [0.1, 0.15) is 18.5 Å². The lowest BCUT2D eigenvalue weighted by molar-refractivity contribution is 0.473. The second-order valence-electron chi connectivity index (χ2n) is 4.33. The van der Waals surface area contributed by atoms with Gasteiger partial charge in [0.2, 0.25) is 15.6 Å². The molecule has 7 heteroatoms. The third-order valence-corrected chi connectivity index (χ3v) is 4.31. The minimum Gasteiger partial charge on any atom is -0.508 e. The van der Waals surface area contributed by atoms with E-state index in [-0.39, 0.29) is 16.2 Å². The largest absolute Gasteiger partial charge is 0.508 e. The Kier molecular flexibility index (Phi) is 3.91. The van der Waals surface area contributed by atoms with Crippen LogP contribution in [0.25, 0.3) is 0 Å². The Morgan fingerprint density at radius 1 is 1.25 bits per heavy atom. The lowest BCUT2D eigenvalue weighted by atomic mass is 10.1. The average molecular weight is 294 g/mol. The summed E-state index contributed by atoms with van der Waals surface area (Å²) in [6.07, 6.45) is 1.14. The fourth-order valence-electron chi connectivity index (χ4n) is 1.73. The third kappa shape index (κ3) is 3.25. The van der Waals surface area contributed by atoms with Gasteiger partial charge in [-0.25, -0.2) is 13.1 Å². The van der Waals surface area contributed by atoms with E-state index in [2.05, 4.69) is 9.71 Å². The van der Waals surface area contributed by atoms with Crippen molar-refractivity contribution in [1.82, 2.24) is 9.71 Å². The molecule has 2 aromatic rings. The Morgan fingerprint density at radius 3 is 2.60 bits per heavy atom. The van der Waals surface area contributed by atoms with Crippen LogP contribution in [-0.2, 0) is 10.0 Å². The molecule has 0 saturated carbocycles. The molecule has 0 amide bonds. The number of benzene rings is 1. The van der Waals surface area contributed by atoms with Crippen molar-refractivity contribution in [3.8, 4) is 5.75 Å². The summed E-state index contributed by atoms with van der Waals surface area (Å²) in [4.78, 5) is 13.2. The summed E-state index contributed by atoms with van der Waals surface area (Å²) >= 11 is 0. The van der Waals surface area contributed by atoms with Gasteiger partial charge in [0, 0.05) is 18.3 Å². The molecule has 2 rings (SSSR count). The van der Waals surface area contributed by atoms with E-state index in [4.69, 9.17) is 0 Å². The Morgan fingerprint density at radius 2 is 2.00 bits per heavy atom. The number of sulfonamides is 1. The summed E-state index contributed by atoms with van der Waals surface area (Å²) in [6, 6.07) is 8.20. The highest BCUT2D eigenvalue weighted by atomic mass is 32.2. The van der Waals surface area contributed by atoms with Crippen molar-refractivity contribution in [3.63, 3.8) is 0 Å². The quantitative estimate of drug-likeness (QED) is 0.786. The van der Waals surface area contributed by atoms with Crippen molar-refractivity contribution in [3.05, 3.63) is 58.5 Å². The first-order chi connectivity index (χ1) is 9.38. The number of aromatic nitrogens is 1. The highest BCUT2D eigenvalue weighted by Gasteiger charge is 2.18. The summed E-state index contributed by atoms with van der Waals surface area (Å²) < 4.78 is 26.7. The van der Waals surface area contributed by atoms with E-state index in [0.29, 0.717) is 5.56 Å². The van der Waals surface area contributed by atoms with Gasteiger partial charge in [-0.1, -0.05) is 12.1 Å². The van der Waals surface area contributed by atoms with Crippen LogP contribution in [0, 0.1) is 0 Å². The maximum Gasteiger partial charge on any atom is 0.247 e. The Balaban J connectivity index is 2.24. The van der Waals surface area contributed by atoms with E-state index in [1.165, 1.54) is 18.2 Å². The number of aromatic amines is 1. The van der Waals surface area contributed by atoms with Gasteiger partial charge in [0.25, 0.3) is 0 Å². The van der Waals surface area contributed by atoms with Gasteiger partial charge in [-0.05, 0) is 30.7 Å². The molecular weight excluding hydrogens is 280 g/mol. The highest BCUT2D eigenvalue weighted by Crippen LogP contribution is 2.19. The summed E-state index contributed by atoms with van der Waals surface area (Å²) in [5.74, 6) is 0.0672. The Labute approximate surface area is 116 Å². The summed E-state index contributed by atoms with van der Waals surface area (Å²) in [5.41, 5.74) is 0.267. The standard InChI is InChI=1S/C13H14N2O4S/c1-9(10-3-2-4-11(16)7-10)15-20(18,19)12-5-6-13(17)14-8-12/h2-9,15-16H,1H3,(H,14,17). The molecule has 0 bridgehead atoms. The van der Waals surface area contributed by atoms with Crippen LogP contribution in [0.5, 0.6) is 5.75 Å². The van der Waals surface area contributed by atoms with Crippen molar-refractivity contribution in [1.29, 1.82) is 0 Å². The summed E-state index contributed by atoms with van der Waals surface area (Å²) in [6.45, 7) is 1.66. The lowest BCUT2D eigenvalue weighted by Gasteiger charge is -2.14. The first-order valence-corrected chi connectivity index (χ1v) is 7.37. The number of pyridine rings is 1. The first-order valence-electron chi connectivity index (χ1n) is 5.88. The minimum atomic E-state index is -3.74. The van der Waals surface area contributed by atoms with Crippen molar-refractivity contribution in [2.75, 3.05) is 0 Å². The second kappa shape index (κ2) is 5.48. The van der Waals surface area contributed by atoms with Crippen LogP contribution >= 0.6 is 0 Å². The second-order valence-corrected chi connectivity index (χ2v) is 6.04. The smallest absolute Gasteiger partial charge is 0.247 e. The molecule has 6 nitrogen and oxygen atoms in total. The zero-order chi connectivity index (χ0) is 14.8. The van der Waals surface area contributed by atoms with Gasteiger partial charge in [-0.3, -0.25) is 4.79 Å². The highest BCUT2D eigenvalue weighted by molar-refractivity contribution is 7.89. The molecule has 0 radical (unpaired) electrons. The molecule has 0 spiro atoms. The van der Waals surface area contributed by atoms with Crippen LogP contribution < -0.4 is 10.3 Å². The molecule has 106 valence electrons. The van der Waals surface area contributed by atoms with Crippen molar-refractivity contribution in [2.24, 2.45) is 0 Å². The number of rotatable bonds is 4. The van der Waals surface area contributed by atoms with Gasteiger partial charge in [-0.15, -0.1) is 0 Å². The van der Waals surface area contributed by atoms with E-state index in [1.807, 2.05) is 0 Å². The zero-order valence-corrected chi connectivity index (χ0v) is 11.5. The van der Waals surface area contributed by atoms with Gasteiger partial charge in [0.1, 0.15) is 5.75 Å². The van der Waals surface area contributed by atoms with Crippen LogP contribution in [0.15, 0.2) is 52.3 Å². The molecule has 0 fully saturated rings. The number of phenols is 1. The topological polar surface area (TPSA) is 99.3 Å². The number of nitrogens with one attached hydrogen (secondary N) is 2. The summed E-state index contributed by atoms with van der Waals surface area (Å²) in [5, 5.41) is 9.39. The molecule has 1 aromatic heterocycles. The minimum absolute atomic E-state index is 0.0240. The molecule has 1 atom stereocenters. The van der Waals surface area contributed by atoms with Gasteiger partial charge >= 0.3 is 0 Å². The molecule has 0 aliphatic heterocycles. The molecule has 20 heavy (non-hydrogen) atoms. The molecule has 1 heterocycles. The van der Waals surface area contributed by atoms with E-state index in [1.54, 1.807) is 19.1 Å². The zero-order valence-electron chi connectivity index (χ0n) is 10.7. The Bertz CT molecular complexity index is 747. The molecule has 1 aromatic carbocycles. The molecule has 3 N–H and O–H groups in total. The number of aromatic hydroxyl groups is 1. The summed E-state index contributed by atoms with van der Waals surface area (Å²) in [7, 11) is -3.74. The van der Waals surface area contributed by atoms with Gasteiger partial charge in [0.15, 0.2) is 0 Å². The number of H-pyrrole nitrogens is 1. The van der Waals surface area contributed by atoms with Crippen molar-refractivity contribution < 1.29 is 13.5 Å². The Hall–Kier alpha value is -2.12. The number of hydrogen-bond acceptors (Lipinski definition) is 4. The molecule has 0 aliphatic rings. The van der Waals surface area contributed by atoms with Gasteiger partial charge in [-0.2, -0.15) is 0 Å². The average Bonchev–Trinajstić information content (AvgIpc) is 2.38. The molecule has 0 aliphatic carbocycles. The van der Waals surface area contributed by atoms with Gasteiger partial charge in [0.05, 0.1) is 4.90 Å². The monoisotopic (exact) mass is 294 g/mol. The molecule has 0 saturated heterocycles. The fraction of sp³-hybridized carbons (Fsp3) is 0.154. The maximum atomic E-state index is 12.1. The van der Waals surface area contributed by atoms with E-state index < -0.39 is 16.1 Å². The van der Waals surface area contributed by atoms with E-state index in [0.717, 1.165) is 12.3 Å².